The number of aryl methyl sites for hydroxylation is 1. The van der Waals surface area contributed by atoms with Crippen LogP contribution < -0.4 is 5.32 Å². The summed E-state index contributed by atoms with van der Waals surface area (Å²) in [5, 5.41) is 6.21. The van der Waals surface area contributed by atoms with E-state index >= 15 is 0 Å². The molecule has 4 aromatic heterocycles. The number of carbonyl (C=O) groups excluding carboxylic acids is 1. The van der Waals surface area contributed by atoms with Gasteiger partial charge in [-0.25, -0.2) is 9.97 Å². The van der Waals surface area contributed by atoms with Crippen molar-refractivity contribution in [3.63, 3.8) is 0 Å². The summed E-state index contributed by atoms with van der Waals surface area (Å²) >= 11 is 4.43. The van der Waals surface area contributed by atoms with Gasteiger partial charge < -0.3 is 4.42 Å². The summed E-state index contributed by atoms with van der Waals surface area (Å²) in [7, 11) is 0. The predicted octanol–water partition coefficient (Wildman–Crippen LogP) is 6.30. The lowest BCUT2D eigenvalue weighted by Gasteiger charge is -1.97. The average Bonchev–Trinajstić information content (AvgIpc) is 3.46. The molecule has 5 rings (SSSR count). The summed E-state index contributed by atoms with van der Waals surface area (Å²) in [4.78, 5) is 23.3. The van der Waals surface area contributed by atoms with Crippen molar-refractivity contribution in [2.75, 3.05) is 5.32 Å². The molecule has 4 heterocycles. The highest BCUT2D eigenvalue weighted by Crippen LogP contribution is 2.35. The fourth-order valence-corrected chi connectivity index (χ4v) is 5.34. The minimum atomic E-state index is -0.172. The molecule has 8 heteroatoms. The van der Waals surface area contributed by atoms with Crippen LogP contribution in [0.2, 0.25) is 0 Å². The highest BCUT2D eigenvalue weighted by Gasteiger charge is 2.15. The van der Waals surface area contributed by atoms with E-state index in [1.165, 1.54) is 22.7 Å². The summed E-state index contributed by atoms with van der Waals surface area (Å²) in [5.74, 6) is 1.35. The number of hydrogen-bond donors (Lipinski definition) is 1. The Kier molecular flexibility index (Phi) is 4.31. The molecule has 0 aliphatic rings. The van der Waals surface area contributed by atoms with E-state index in [9.17, 15) is 4.79 Å². The maximum atomic E-state index is 12.6. The van der Waals surface area contributed by atoms with E-state index in [0.717, 1.165) is 31.6 Å². The van der Waals surface area contributed by atoms with E-state index in [-0.39, 0.29) is 5.91 Å². The van der Waals surface area contributed by atoms with Crippen LogP contribution in [0.5, 0.6) is 0 Å². The zero-order valence-corrected chi connectivity index (χ0v) is 17.1. The molecule has 1 N–H and O–H groups in total. The van der Waals surface area contributed by atoms with Gasteiger partial charge in [0, 0.05) is 5.38 Å². The first-order valence-electron chi connectivity index (χ1n) is 8.45. The van der Waals surface area contributed by atoms with Crippen LogP contribution in [0.4, 0.5) is 5.13 Å². The first-order chi connectivity index (χ1) is 13.7. The first-order valence-corrected chi connectivity index (χ1v) is 11.0. The number of furan rings is 1. The Bertz CT molecular complexity index is 1260. The number of carbonyl (C=O) groups is 1. The monoisotopic (exact) mass is 423 g/mol. The van der Waals surface area contributed by atoms with Crippen LogP contribution in [-0.4, -0.2) is 15.9 Å². The van der Waals surface area contributed by atoms with Crippen molar-refractivity contribution < 1.29 is 9.21 Å². The van der Waals surface area contributed by atoms with Gasteiger partial charge in [-0.05, 0) is 43.3 Å². The number of para-hydroxylation sites is 1. The Labute approximate surface area is 172 Å². The molecule has 0 unspecified atom stereocenters. The predicted molar refractivity (Wildman–Crippen MR) is 115 cm³/mol. The summed E-state index contributed by atoms with van der Waals surface area (Å²) in [5.41, 5.74) is 1.69. The molecule has 0 fully saturated rings. The van der Waals surface area contributed by atoms with Gasteiger partial charge in [0.2, 0.25) is 0 Å². The van der Waals surface area contributed by atoms with Gasteiger partial charge in [-0.3, -0.25) is 10.1 Å². The number of thiazole rings is 2. The molecule has 0 saturated heterocycles. The van der Waals surface area contributed by atoms with Crippen LogP contribution in [0, 0.1) is 6.92 Å². The molecule has 0 bridgehead atoms. The summed E-state index contributed by atoms with van der Waals surface area (Å²) in [6, 6.07) is 15.6. The quantitative estimate of drug-likeness (QED) is 0.368. The van der Waals surface area contributed by atoms with Crippen molar-refractivity contribution >= 4 is 55.3 Å². The number of fused-ring (bicyclic) bond motifs is 1. The molecule has 28 heavy (non-hydrogen) atoms. The number of anilines is 1. The number of nitrogens with zero attached hydrogens (tertiary/aromatic N) is 2. The smallest absolute Gasteiger partial charge is 0.267 e. The van der Waals surface area contributed by atoms with E-state index in [1.54, 1.807) is 11.3 Å². The van der Waals surface area contributed by atoms with Gasteiger partial charge >= 0.3 is 0 Å². The molecule has 0 spiro atoms. The van der Waals surface area contributed by atoms with Gasteiger partial charge in [0.15, 0.2) is 10.9 Å². The molecule has 0 saturated carbocycles. The number of rotatable bonds is 4. The van der Waals surface area contributed by atoms with Crippen molar-refractivity contribution in [3.05, 3.63) is 64.5 Å². The Hall–Kier alpha value is -2.81. The maximum Gasteiger partial charge on any atom is 0.267 e. The van der Waals surface area contributed by atoms with Crippen molar-refractivity contribution in [1.29, 1.82) is 0 Å². The number of thiophene rings is 1. The molecule has 0 aliphatic heterocycles. The van der Waals surface area contributed by atoms with Crippen LogP contribution in [0.25, 0.3) is 31.6 Å². The van der Waals surface area contributed by atoms with Crippen LogP contribution >= 0.6 is 34.0 Å². The van der Waals surface area contributed by atoms with Crippen molar-refractivity contribution in [3.8, 4) is 21.3 Å². The van der Waals surface area contributed by atoms with E-state index < -0.39 is 0 Å². The molecule has 1 amide bonds. The highest BCUT2D eigenvalue weighted by molar-refractivity contribution is 7.26. The van der Waals surface area contributed by atoms with Gasteiger partial charge in [0.1, 0.15) is 16.5 Å². The second-order valence-electron chi connectivity index (χ2n) is 6.05. The lowest BCUT2D eigenvalue weighted by Crippen LogP contribution is -2.09. The maximum absolute atomic E-state index is 12.6. The molecule has 1 aromatic carbocycles. The SMILES string of the molecule is Cc1ccc(-c2csc(NC(=O)c3ccc(-c4nc5ccccc5s4)s3)n2)o1. The number of amides is 1. The Morgan fingerprint density at radius 3 is 2.75 bits per heavy atom. The molecule has 138 valence electrons. The summed E-state index contributed by atoms with van der Waals surface area (Å²) in [6.45, 7) is 1.89. The van der Waals surface area contributed by atoms with Crippen molar-refractivity contribution in [1.82, 2.24) is 9.97 Å². The van der Waals surface area contributed by atoms with Crippen LogP contribution in [0.3, 0.4) is 0 Å². The largest absolute Gasteiger partial charge is 0.460 e. The Morgan fingerprint density at radius 2 is 1.93 bits per heavy atom. The van der Waals surface area contributed by atoms with E-state index in [2.05, 4.69) is 21.4 Å². The van der Waals surface area contributed by atoms with Crippen LogP contribution in [0.1, 0.15) is 15.4 Å². The minimum absolute atomic E-state index is 0.172. The standard InChI is InChI=1S/C20H13N3O2S3/c1-11-6-7-14(25-11)13-10-26-20(22-13)23-18(24)16-8-9-17(27-16)19-21-12-4-2-3-5-15(12)28-19/h2-10H,1H3,(H,22,23,24). The Morgan fingerprint density at radius 1 is 1.04 bits per heavy atom. The normalized spacial score (nSPS) is 11.2. The van der Waals surface area contributed by atoms with E-state index in [1.807, 2.05) is 54.8 Å². The van der Waals surface area contributed by atoms with Gasteiger partial charge in [0.05, 0.1) is 20.0 Å². The molecular formula is C20H13N3O2S3. The number of hydrogen-bond acceptors (Lipinski definition) is 7. The van der Waals surface area contributed by atoms with E-state index in [0.29, 0.717) is 15.8 Å². The number of benzene rings is 1. The fourth-order valence-electron chi connectivity index (χ4n) is 2.73. The molecular weight excluding hydrogens is 410 g/mol. The van der Waals surface area contributed by atoms with Crippen molar-refractivity contribution in [2.45, 2.75) is 6.92 Å². The van der Waals surface area contributed by atoms with Gasteiger partial charge in [-0.1, -0.05) is 12.1 Å². The molecule has 5 aromatic rings. The molecule has 0 radical (unpaired) electrons. The van der Waals surface area contributed by atoms with Crippen LogP contribution in [0.15, 0.2) is 58.3 Å². The fraction of sp³-hybridized carbons (Fsp3) is 0.0500. The second-order valence-corrected chi connectivity index (χ2v) is 9.03. The summed E-state index contributed by atoms with van der Waals surface area (Å²) in [6.07, 6.45) is 0. The first kappa shape index (κ1) is 17.3. The average molecular weight is 424 g/mol. The zero-order valence-electron chi connectivity index (χ0n) is 14.6. The third kappa shape index (κ3) is 3.26. The lowest BCUT2D eigenvalue weighted by molar-refractivity contribution is 0.103. The van der Waals surface area contributed by atoms with Gasteiger partial charge in [-0.2, -0.15) is 0 Å². The minimum Gasteiger partial charge on any atom is -0.460 e. The topological polar surface area (TPSA) is 68.0 Å². The highest BCUT2D eigenvalue weighted by atomic mass is 32.1. The van der Waals surface area contributed by atoms with Gasteiger partial charge in [0.25, 0.3) is 5.91 Å². The second kappa shape index (κ2) is 6.97. The van der Waals surface area contributed by atoms with Crippen molar-refractivity contribution in [2.24, 2.45) is 0 Å². The number of nitrogens with one attached hydrogen (secondary N) is 1. The zero-order chi connectivity index (χ0) is 19.1. The van der Waals surface area contributed by atoms with Crippen LogP contribution in [-0.2, 0) is 0 Å². The number of aromatic nitrogens is 2. The molecule has 0 aliphatic carbocycles. The lowest BCUT2D eigenvalue weighted by atomic mass is 10.3. The molecule has 0 atom stereocenters. The van der Waals surface area contributed by atoms with E-state index in [4.69, 9.17) is 4.42 Å². The summed E-state index contributed by atoms with van der Waals surface area (Å²) < 4.78 is 6.72. The third-order valence-corrected chi connectivity index (χ3v) is 7.10. The molecule has 5 nitrogen and oxygen atoms in total. The Balaban J connectivity index is 1.34. The van der Waals surface area contributed by atoms with Gasteiger partial charge in [-0.15, -0.1) is 34.0 Å². The third-order valence-electron chi connectivity index (χ3n) is 4.05.